The van der Waals surface area contributed by atoms with Crippen molar-refractivity contribution < 1.29 is 8.42 Å². The van der Waals surface area contributed by atoms with E-state index in [0.717, 1.165) is 25.9 Å². The molecule has 0 aromatic carbocycles. The normalized spacial score (nSPS) is 20.7. The fourth-order valence-electron chi connectivity index (χ4n) is 2.65. The molecule has 1 unspecified atom stereocenters. The van der Waals surface area contributed by atoms with Crippen LogP contribution in [0.4, 0.5) is 5.82 Å². The lowest BCUT2D eigenvalue weighted by molar-refractivity contribution is 0.187. The second-order valence-corrected chi connectivity index (χ2v) is 7.48. The highest BCUT2D eigenvalue weighted by molar-refractivity contribution is 7.89. The van der Waals surface area contributed by atoms with E-state index in [1.807, 2.05) is 14.0 Å². The van der Waals surface area contributed by atoms with Crippen LogP contribution in [-0.4, -0.2) is 62.4 Å². The Labute approximate surface area is 127 Å². The molecule has 21 heavy (non-hydrogen) atoms. The van der Waals surface area contributed by atoms with E-state index in [0.29, 0.717) is 17.3 Å². The van der Waals surface area contributed by atoms with Gasteiger partial charge in [-0.3, -0.25) is 0 Å². The van der Waals surface area contributed by atoms with Crippen LogP contribution >= 0.6 is 0 Å². The van der Waals surface area contributed by atoms with E-state index in [2.05, 4.69) is 15.2 Å². The average molecular weight is 312 g/mol. The largest absolute Gasteiger partial charge is 0.370 e. The van der Waals surface area contributed by atoms with E-state index in [4.69, 9.17) is 0 Å². The van der Waals surface area contributed by atoms with Gasteiger partial charge in [-0.05, 0) is 39.4 Å². The molecule has 1 aromatic heterocycles. The number of sulfonamides is 1. The van der Waals surface area contributed by atoms with Gasteiger partial charge < -0.3 is 10.2 Å². The third-order valence-electron chi connectivity index (χ3n) is 3.88. The maximum absolute atomic E-state index is 12.7. The number of anilines is 1. The zero-order valence-electron chi connectivity index (χ0n) is 12.9. The maximum Gasteiger partial charge on any atom is 0.243 e. The number of likely N-dealkylation sites (N-methyl/N-ethyl adjacent to an activating group) is 2. The second kappa shape index (κ2) is 6.72. The third kappa shape index (κ3) is 3.72. The average Bonchev–Trinajstić information content (AvgIpc) is 2.47. The minimum atomic E-state index is -3.48. The lowest BCUT2D eigenvalue weighted by Crippen LogP contribution is -2.47. The number of rotatable bonds is 5. The molecule has 1 atom stereocenters. The van der Waals surface area contributed by atoms with E-state index in [1.165, 1.54) is 10.5 Å². The summed E-state index contributed by atoms with van der Waals surface area (Å²) in [6, 6.07) is 3.19. The molecule has 1 aromatic rings. The summed E-state index contributed by atoms with van der Waals surface area (Å²) in [6.07, 6.45) is 3.47. The van der Waals surface area contributed by atoms with Crippen LogP contribution in [0, 0.1) is 0 Å². The molecule has 0 radical (unpaired) electrons. The Hall–Kier alpha value is -1.18. The smallest absolute Gasteiger partial charge is 0.243 e. The summed E-state index contributed by atoms with van der Waals surface area (Å²) in [7, 11) is 0.227. The quantitative estimate of drug-likeness (QED) is 0.886. The van der Waals surface area contributed by atoms with Crippen molar-refractivity contribution in [3.05, 3.63) is 18.3 Å². The molecular weight excluding hydrogens is 288 g/mol. The summed E-state index contributed by atoms with van der Waals surface area (Å²) >= 11 is 0. The van der Waals surface area contributed by atoms with Gasteiger partial charge in [-0.1, -0.05) is 0 Å². The number of likely N-dealkylation sites (tertiary alicyclic amines) is 1. The van der Waals surface area contributed by atoms with Crippen LogP contribution in [0.25, 0.3) is 0 Å². The molecule has 118 valence electrons. The second-order valence-electron chi connectivity index (χ2n) is 5.49. The van der Waals surface area contributed by atoms with Gasteiger partial charge in [0.1, 0.15) is 5.82 Å². The molecule has 1 fully saturated rings. The molecule has 1 aliphatic rings. The number of hydrogen-bond acceptors (Lipinski definition) is 5. The highest BCUT2D eigenvalue weighted by Crippen LogP contribution is 2.22. The van der Waals surface area contributed by atoms with Crippen LogP contribution in [0.2, 0.25) is 0 Å². The summed E-state index contributed by atoms with van der Waals surface area (Å²) in [6.45, 7) is 4.47. The summed E-state index contributed by atoms with van der Waals surface area (Å²) in [5, 5.41) is 3.04. The predicted molar refractivity (Wildman–Crippen MR) is 83.9 cm³/mol. The summed E-state index contributed by atoms with van der Waals surface area (Å²) in [5.41, 5.74) is 0. The van der Waals surface area contributed by atoms with Crippen molar-refractivity contribution in [2.75, 3.05) is 39.0 Å². The Bertz CT molecular complexity index is 576. The SMILES string of the molecule is CCNc1cc(S(=O)(=O)N(C)C2CCCN(C)C2)ccn1. The Balaban J connectivity index is 2.22. The van der Waals surface area contributed by atoms with E-state index in [1.54, 1.807) is 19.2 Å². The van der Waals surface area contributed by atoms with Crippen molar-refractivity contribution in [1.82, 2.24) is 14.2 Å². The molecule has 2 rings (SSSR count). The van der Waals surface area contributed by atoms with Crippen molar-refractivity contribution in [2.24, 2.45) is 0 Å². The summed E-state index contributed by atoms with van der Waals surface area (Å²) in [5.74, 6) is 0.590. The number of hydrogen-bond donors (Lipinski definition) is 1. The Kier molecular flexibility index (Phi) is 5.18. The zero-order valence-corrected chi connectivity index (χ0v) is 13.7. The van der Waals surface area contributed by atoms with E-state index < -0.39 is 10.0 Å². The Morgan fingerprint density at radius 2 is 2.29 bits per heavy atom. The van der Waals surface area contributed by atoms with Crippen molar-refractivity contribution in [3.8, 4) is 0 Å². The Morgan fingerprint density at radius 3 is 2.95 bits per heavy atom. The molecule has 1 saturated heterocycles. The van der Waals surface area contributed by atoms with Crippen LogP contribution in [-0.2, 0) is 10.0 Å². The first-order valence-corrected chi connectivity index (χ1v) is 8.75. The van der Waals surface area contributed by atoms with Crippen molar-refractivity contribution in [3.63, 3.8) is 0 Å². The van der Waals surface area contributed by atoms with Crippen LogP contribution in [0.3, 0.4) is 0 Å². The van der Waals surface area contributed by atoms with Crippen LogP contribution in [0.15, 0.2) is 23.2 Å². The van der Waals surface area contributed by atoms with Crippen molar-refractivity contribution >= 4 is 15.8 Å². The van der Waals surface area contributed by atoms with E-state index >= 15 is 0 Å². The molecular formula is C14H24N4O2S. The van der Waals surface area contributed by atoms with Gasteiger partial charge in [0.15, 0.2) is 0 Å². The number of piperidine rings is 1. The highest BCUT2D eigenvalue weighted by atomic mass is 32.2. The van der Waals surface area contributed by atoms with Gasteiger partial charge in [-0.25, -0.2) is 13.4 Å². The van der Waals surface area contributed by atoms with Crippen LogP contribution in [0.5, 0.6) is 0 Å². The molecule has 0 aliphatic carbocycles. The van der Waals surface area contributed by atoms with Crippen LogP contribution in [0.1, 0.15) is 19.8 Å². The number of pyridine rings is 1. The minimum absolute atomic E-state index is 0.0319. The van der Waals surface area contributed by atoms with Crippen molar-refractivity contribution in [2.45, 2.75) is 30.7 Å². The molecule has 6 nitrogen and oxygen atoms in total. The molecule has 1 aliphatic heterocycles. The fourth-order valence-corrected chi connectivity index (χ4v) is 4.04. The van der Waals surface area contributed by atoms with Gasteiger partial charge >= 0.3 is 0 Å². The molecule has 0 saturated carbocycles. The molecule has 0 spiro atoms. The van der Waals surface area contributed by atoms with Gasteiger partial charge in [0, 0.05) is 38.4 Å². The first-order valence-electron chi connectivity index (χ1n) is 7.31. The van der Waals surface area contributed by atoms with Gasteiger partial charge in [-0.2, -0.15) is 4.31 Å². The molecule has 0 amide bonds. The Morgan fingerprint density at radius 1 is 1.52 bits per heavy atom. The van der Waals surface area contributed by atoms with Gasteiger partial charge in [0.2, 0.25) is 10.0 Å². The summed E-state index contributed by atoms with van der Waals surface area (Å²) < 4.78 is 27.0. The monoisotopic (exact) mass is 312 g/mol. The minimum Gasteiger partial charge on any atom is -0.370 e. The number of nitrogens with one attached hydrogen (secondary N) is 1. The lowest BCUT2D eigenvalue weighted by atomic mass is 10.1. The predicted octanol–water partition coefficient (Wildman–Crippen LogP) is 1.23. The highest BCUT2D eigenvalue weighted by Gasteiger charge is 2.30. The first kappa shape index (κ1) is 16.2. The fraction of sp³-hybridized carbons (Fsp3) is 0.643. The molecule has 2 heterocycles. The third-order valence-corrected chi connectivity index (χ3v) is 5.79. The number of nitrogens with zero attached hydrogens (tertiary/aromatic N) is 3. The van der Waals surface area contributed by atoms with Crippen LogP contribution < -0.4 is 5.32 Å². The zero-order chi connectivity index (χ0) is 15.5. The standard InChI is InChI=1S/C14H24N4O2S/c1-4-15-14-10-13(7-8-16-14)21(19,20)18(3)12-6-5-9-17(2)11-12/h7-8,10,12H,4-6,9,11H2,1-3H3,(H,15,16). The topological polar surface area (TPSA) is 65.5 Å². The van der Waals surface area contributed by atoms with Gasteiger partial charge in [0.05, 0.1) is 4.90 Å². The molecule has 1 N–H and O–H groups in total. The molecule has 0 bridgehead atoms. The first-order chi connectivity index (χ1) is 9.95. The summed E-state index contributed by atoms with van der Waals surface area (Å²) in [4.78, 5) is 6.60. The van der Waals surface area contributed by atoms with Gasteiger partial charge in [0.25, 0.3) is 0 Å². The number of aromatic nitrogens is 1. The maximum atomic E-state index is 12.7. The lowest BCUT2D eigenvalue weighted by Gasteiger charge is -2.35. The van der Waals surface area contributed by atoms with E-state index in [-0.39, 0.29) is 6.04 Å². The van der Waals surface area contributed by atoms with E-state index in [9.17, 15) is 8.42 Å². The van der Waals surface area contributed by atoms with Gasteiger partial charge in [-0.15, -0.1) is 0 Å². The molecule has 7 heteroatoms. The van der Waals surface area contributed by atoms with Crippen molar-refractivity contribution in [1.29, 1.82) is 0 Å².